The van der Waals surface area contributed by atoms with Crippen molar-refractivity contribution in [3.05, 3.63) is 24.3 Å². The van der Waals surface area contributed by atoms with E-state index in [-0.39, 0.29) is 18.4 Å². The lowest BCUT2D eigenvalue weighted by Gasteiger charge is -2.23. The van der Waals surface area contributed by atoms with Crippen molar-refractivity contribution in [3.63, 3.8) is 0 Å². The van der Waals surface area contributed by atoms with E-state index in [1.807, 2.05) is 0 Å². The summed E-state index contributed by atoms with van der Waals surface area (Å²) < 4.78 is 5.03. The van der Waals surface area contributed by atoms with Gasteiger partial charge in [0.25, 0.3) is 0 Å². The number of methoxy groups -OCH3 is 1. The van der Waals surface area contributed by atoms with E-state index in [2.05, 4.69) is 21.3 Å². The normalized spacial score (nSPS) is 17.9. The van der Waals surface area contributed by atoms with Crippen LogP contribution in [0.15, 0.2) is 24.3 Å². The fraction of sp³-hybridized carbons (Fsp3) is 0.429. The summed E-state index contributed by atoms with van der Waals surface area (Å²) >= 11 is 0. The molecule has 1 fully saturated rings. The van der Waals surface area contributed by atoms with Crippen LogP contribution in [0.2, 0.25) is 0 Å². The predicted molar refractivity (Wildman–Crippen MR) is 79.4 cm³/mol. The number of hydrogen-bond acceptors (Lipinski definition) is 5. The predicted octanol–water partition coefficient (Wildman–Crippen LogP) is 0.295. The average Bonchev–Trinajstić information content (AvgIpc) is 2.48. The molecular formula is C14H20N4O3. The maximum absolute atomic E-state index is 11.8. The molecule has 1 saturated heterocycles. The zero-order valence-corrected chi connectivity index (χ0v) is 11.9. The Labute approximate surface area is 123 Å². The van der Waals surface area contributed by atoms with E-state index in [4.69, 9.17) is 4.74 Å². The molecule has 0 bridgehead atoms. The van der Waals surface area contributed by atoms with Crippen LogP contribution >= 0.6 is 0 Å². The summed E-state index contributed by atoms with van der Waals surface area (Å²) in [5.41, 5.74) is 0.596. The average molecular weight is 292 g/mol. The van der Waals surface area contributed by atoms with Crippen molar-refractivity contribution >= 4 is 17.6 Å². The number of carbonyl (C=O) groups excluding carboxylic acids is 2. The SMILES string of the molecule is COc1ccc(NC(=O)NC(=O)CC2CNCCN2)cc1. The Hall–Kier alpha value is -2.12. The molecule has 1 aliphatic rings. The molecule has 21 heavy (non-hydrogen) atoms. The van der Waals surface area contributed by atoms with Crippen LogP contribution in [0.1, 0.15) is 6.42 Å². The number of carbonyl (C=O) groups is 2. The van der Waals surface area contributed by atoms with Crippen LogP contribution in [0.4, 0.5) is 10.5 Å². The molecule has 4 N–H and O–H groups in total. The summed E-state index contributed by atoms with van der Waals surface area (Å²) in [6.45, 7) is 2.46. The number of amides is 3. The Morgan fingerprint density at radius 2 is 2.05 bits per heavy atom. The molecule has 7 heteroatoms. The van der Waals surface area contributed by atoms with Crippen molar-refractivity contribution in [2.45, 2.75) is 12.5 Å². The second kappa shape index (κ2) is 7.61. The van der Waals surface area contributed by atoms with Crippen LogP contribution in [0.5, 0.6) is 5.75 Å². The van der Waals surface area contributed by atoms with E-state index in [0.717, 1.165) is 19.6 Å². The molecule has 114 valence electrons. The monoisotopic (exact) mass is 292 g/mol. The lowest BCUT2D eigenvalue weighted by molar-refractivity contribution is -0.120. The maximum Gasteiger partial charge on any atom is 0.325 e. The highest BCUT2D eigenvalue weighted by molar-refractivity contribution is 6.01. The van der Waals surface area contributed by atoms with E-state index in [9.17, 15) is 9.59 Å². The third kappa shape index (κ3) is 5.05. The molecule has 1 atom stereocenters. The summed E-state index contributed by atoms with van der Waals surface area (Å²) in [7, 11) is 1.57. The smallest absolute Gasteiger partial charge is 0.325 e. The van der Waals surface area contributed by atoms with Crippen molar-refractivity contribution in [2.24, 2.45) is 0 Å². The van der Waals surface area contributed by atoms with Crippen LogP contribution < -0.4 is 26.0 Å². The molecule has 0 aliphatic carbocycles. The molecule has 1 aromatic carbocycles. The fourth-order valence-electron chi connectivity index (χ4n) is 2.10. The minimum absolute atomic E-state index is 0.0625. The Kier molecular flexibility index (Phi) is 5.53. The molecule has 7 nitrogen and oxygen atoms in total. The van der Waals surface area contributed by atoms with Gasteiger partial charge in [0.15, 0.2) is 0 Å². The van der Waals surface area contributed by atoms with Crippen LogP contribution in [0.25, 0.3) is 0 Å². The highest BCUT2D eigenvalue weighted by atomic mass is 16.5. The van der Waals surface area contributed by atoms with Gasteiger partial charge in [0, 0.05) is 37.8 Å². The highest BCUT2D eigenvalue weighted by Gasteiger charge is 2.17. The Balaban J connectivity index is 1.76. The molecule has 1 heterocycles. The van der Waals surface area contributed by atoms with E-state index in [1.54, 1.807) is 31.4 Å². The summed E-state index contributed by atoms with van der Waals surface area (Å²) in [4.78, 5) is 23.5. The number of urea groups is 1. The topological polar surface area (TPSA) is 91.5 Å². The number of imide groups is 1. The number of nitrogens with one attached hydrogen (secondary N) is 4. The van der Waals surface area contributed by atoms with E-state index >= 15 is 0 Å². The van der Waals surface area contributed by atoms with Gasteiger partial charge >= 0.3 is 6.03 Å². The van der Waals surface area contributed by atoms with Crippen molar-refractivity contribution in [1.82, 2.24) is 16.0 Å². The summed E-state index contributed by atoms with van der Waals surface area (Å²) in [6, 6.07) is 6.40. The molecule has 1 unspecified atom stereocenters. The van der Waals surface area contributed by atoms with Gasteiger partial charge in [-0.1, -0.05) is 0 Å². The number of piperazine rings is 1. The van der Waals surface area contributed by atoms with Gasteiger partial charge in [0.05, 0.1) is 7.11 Å². The molecule has 1 aliphatic heterocycles. The zero-order valence-electron chi connectivity index (χ0n) is 11.9. The van der Waals surface area contributed by atoms with Gasteiger partial charge in [0.1, 0.15) is 5.75 Å². The minimum Gasteiger partial charge on any atom is -0.497 e. The maximum atomic E-state index is 11.8. The first-order valence-corrected chi connectivity index (χ1v) is 6.86. The van der Waals surface area contributed by atoms with Crippen molar-refractivity contribution in [3.8, 4) is 5.75 Å². The largest absolute Gasteiger partial charge is 0.497 e. The Bertz CT molecular complexity index is 483. The first-order chi connectivity index (χ1) is 10.2. The van der Waals surface area contributed by atoms with Crippen molar-refractivity contribution in [2.75, 3.05) is 32.1 Å². The van der Waals surface area contributed by atoms with Crippen molar-refractivity contribution < 1.29 is 14.3 Å². The Morgan fingerprint density at radius 3 is 2.67 bits per heavy atom. The molecule has 0 spiro atoms. The molecule has 0 aromatic heterocycles. The first-order valence-electron chi connectivity index (χ1n) is 6.86. The van der Waals surface area contributed by atoms with Crippen LogP contribution in [0.3, 0.4) is 0 Å². The third-order valence-corrected chi connectivity index (χ3v) is 3.16. The van der Waals surface area contributed by atoms with Gasteiger partial charge in [-0.2, -0.15) is 0 Å². The fourth-order valence-corrected chi connectivity index (χ4v) is 2.10. The highest BCUT2D eigenvalue weighted by Crippen LogP contribution is 2.14. The van der Waals surface area contributed by atoms with Gasteiger partial charge in [-0.05, 0) is 24.3 Å². The third-order valence-electron chi connectivity index (χ3n) is 3.16. The minimum atomic E-state index is -0.533. The second-order valence-corrected chi connectivity index (χ2v) is 4.79. The number of anilines is 1. The van der Waals surface area contributed by atoms with Gasteiger partial charge in [-0.15, -0.1) is 0 Å². The van der Waals surface area contributed by atoms with Crippen molar-refractivity contribution in [1.29, 1.82) is 0 Å². The summed E-state index contributed by atoms with van der Waals surface area (Å²) in [5.74, 6) is 0.398. The number of rotatable bonds is 4. The zero-order chi connectivity index (χ0) is 15.1. The van der Waals surface area contributed by atoms with E-state index < -0.39 is 6.03 Å². The quantitative estimate of drug-likeness (QED) is 0.640. The molecule has 0 radical (unpaired) electrons. The standard InChI is InChI=1S/C14H20N4O3/c1-21-12-4-2-10(3-5-12)17-14(20)18-13(19)8-11-9-15-6-7-16-11/h2-5,11,15-16H,6-9H2,1H3,(H2,17,18,19,20). The van der Waals surface area contributed by atoms with Gasteiger partial charge in [-0.3, -0.25) is 10.1 Å². The lowest BCUT2D eigenvalue weighted by Crippen LogP contribution is -2.50. The molecular weight excluding hydrogens is 272 g/mol. The van der Waals surface area contributed by atoms with Gasteiger partial charge in [0.2, 0.25) is 5.91 Å². The molecule has 3 amide bonds. The van der Waals surface area contributed by atoms with Crippen LogP contribution in [0, 0.1) is 0 Å². The van der Waals surface area contributed by atoms with E-state index in [0.29, 0.717) is 11.4 Å². The first kappa shape index (κ1) is 15.3. The van der Waals surface area contributed by atoms with Gasteiger partial charge < -0.3 is 20.7 Å². The summed E-state index contributed by atoms with van der Waals surface area (Å²) in [6.07, 6.45) is 0.267. The lowest BCUT2D eigenvalue weighted by atomic mass is 10.1. The molecule has 0 saturated carbocycles. The number of benzene rings is 1. The second-order valence-electron chi connectivity index (χ2n) is 4.79. The van der Waals surface area contributed by atoms with Gasteiger partial charge in [-0.25, -0.2) is 4.79 Å². The molecule has 1 aromatic rings. The van der Waals surface area contributed by atoms with Crippen LogP contribution in [-0.4, -0.2) is 44.7 Å². The summed E-state index contributed by atoms with van der Waals surface area (Å²) in [5, 5.41) is 11.3. The number of ether oxygens (including phenoxy) is 1. The van der Waals surface area contributed by atoms with E-state index in [1.165, 1.54) is 0 Å². The number of hydrogen-bond donors (Lipinski definition) is 4. The Morgan fingerprint density at radius 1 is 1.29 bits per heavy atom. The van der Waals surface area contributed by atoms with Crippen LogP contribution in [-0.2, 0) is 4.79 Å². The molecule has 2 rings (SSSR count).